The molecule has 0 spiro atoms. The molecule has 2 bridgehead atoms. The maximum atomic E-state index is 11.1. The zero-order valence-corrected chi connectivity index (χ0v) is 6.52. The van der Waals surface area contributed by atoms with Crippen LogP contribution in [0.5, 0.6) is 0 Å². The van der Waals surface area contributed by atoms with Crippen molar-refractivity contribution < 1.29 is 4.79 Å². The van der Waals surface area contributed by atoms with Gasteiger partial charge in [-0.3, -0.25) is 4.79 Å². The lowest BCUT2D eigenvalue weighted by atomic mass is 9.77. The SMILES string of the molecule is C[C@@]12CC[C@H](CC(=O)C1)C2. The second kappa shape index (κ2) is 1.84. The third-order valence-corrected chi connectivity index (χ3v) is 3.08. The van der Waals surface area contributed by atoms with E-state index in [1.807, 2.05) is 0 Å². The highest BCUT2D eigenvalue weighted by Crippen LogP contribution is 2.49. The van der Waals surface area contributed by atoms with E-state index in [2.05, 4.69) is 6.92 Å². The summed E-state index contributed by atoms with van der Waals surface area (Å²) in [6.07, 6.45) is 5.67. The first-order chi connectivity index (χ1) is 4.68. The average molecular weight is 138 g/mol. The molecule has 0 unspecified atom stereocenters. The monoisotopic (exact) mass is 138 g/mol. The van der Waals surface area contributed by atoms with Gasteiger partial charge >= 0.3 is 0 Å². The molecular formula is C9H14O. The van der Waals surface area contributed by atoms with Crippen LogP contribution in [0.4, 0.5) is 0 Å². The molecule has 2 fully saturated rings. The minimum atomic E-state index is 0.417. The van der Waals surface area contributed by atoms with Crippen LogP contribution in [0.2, 0.25) is 0 Å². The summed E-state index contributed by atoms with van der Waals surface area (Å²) in [5.41, 5.74) is 0.417. The van der Waals surface area contributed by atoms with Gasteiger partial charge in [0.25, 0.3) is 0 Å². The van der Waals surface area contributed by atoms with Gasteiger partial charge in [0.15, 0.2) is 0 Å². The smallest absolute Gasteiger partial charge is 0.133 e. The molecule has 0 heterocycles. The summed E-state index contributed by atoms with van der Waals surface area (Å²) in [6, 6.07) is 0. The van der Waals surface area contributed by atoms with Crippen molar-refractivity contribution in [2.24, 2.45) is 11.3 Å². The highest BCUT2D eigenvalue weighted by atomic mass is 16.1. The van der Waals surface area contributed by atoms with Crippen molar-refractivity contribution in [3.63, 3.8) is 0 Å². The van der Waals surface area contributed by atoms with Gasteiger partial charge in [-0.1, -0.05) is 6.92 Å². The van der Waals surface area contributed by atoms with E-state index in [0.717, 1.165) is 18.8 Å². The summed E-state index contributed by atoms with van der Waals surface area (Å²) in [5, 5.41) is 0. The molecule has 0 aliphatic heterocycles. The van der Waals surface area contributed by atoms with Gasteiger partial charge in [0.05, 0.1) is 0 Å². The van der Waals surface area contributed by atoms with E-state index in [-0.39, 0.29) is 0 Å². The predicted octanol–water partition coefficient (Wildman–Crippen LogP) is 2.16. The van der Waals surface area contributed by atoms with Gasteiger partial charge in [-0.25, -0.2) is 0 Å². The maximum absolute atomic E-state index is 11.1. The second-order valence-corrected chi connectivity index (χ2v) is 4.34. The molecule has 2 aliphatic carbocycles. The normalized spacial score (nSPS) is 46.1. The largest absolute Gasteiger partial charge is 0.300 e. The van der Waals surface area contributed by atoms with Crippen LogP contribution in [0.15, 0.2) is 0 Å². The molecule has 0 saturated heterocycles. The minimum Gasteiger partial charge on any atom is -0.300 e. The number of fused-ring (bicyclic) bond motifs is 2. The zero-order valence-electron chi connectivity index (χ0n) is 6.52. The van der Waals surface area contributed by atoms with E-state index < -0.39 is 0 Å². The van der Waals surface area contributed by atoms with Crippen molar-refractivity contribution in [2.45, 2.75) is 39.0 Å². The fourth-order valence-electron chi connectivity index (χ4n) is 2.66. The van der Waals surface area contributed by atoms with Crippen LogP contribution < -0.4 is 0 Å². The fourth-order valence-corrected chi connectivity index (χ4v) is 2.66. The number of hydrogen-bond donors (Lipinski definition) is 0. The predicted molar refractivity (Wildman–Crippen MR) is 39.7 cm³/mol. The first-order valence-electron chi connectivity index (χ1n) is 4.20. The number of Topliss-reactive ketones (excluding diaryl/α,β-unsaturated/α-hetero) is 1. The summed E-state index contributed by atoms with van der Waals surface area (Å²) in [6.45, 7) is 2.27. The van der Waals surface area contributed by atoms with Crippen LogP contribution in [0.3, 0.4) is 0 Å². The third kappa shape index (κ3) is 0.882. The van der Waals surface area contributed by atoms with Crippen LogP contribution in [-0.4, -0.2) is 5.78 Å². The van der Waals surface area contributed by atoms with Crippen molar-refractivity contribution in [1.82, 2.24) is 0 Å². The summed E-state index contributed by atoms with van der Waals surface area (Å²) in [7, 11) is 0. The quantitative estimate of drug-likeness (QED) is 0.501. The van der Waals surface area contributed by atoms with Crippen molar-refractivity contribution >= 4 is 5.78 Å². The minimum absolute atomic E-state index is 0.417. The topological polar surface area (TPSA) is 17.1 Å². The molecule has 2 aliphatic rings. The first kappa shape index (κ1) is 6.38. The van der Waals surface area contributed by atoms with Crippen molar-refractivity contribution in [2.75, 3.05) is 0 Å². The lowest BCUT2D eigenvalue weighted by molar-refractivity contribution is -0.123. The van der Waals surface area contributed by atoms with Gasteiger partial charge < -0.3 is 0 Å². The van der Waals surface area contributed by atoms with Gasteiger partial charge in [0.2, 0.25) is 0 Å². The van der Waals surface area contributed by atoms with Gasteiger partial charge in [-0.15, -0.1) is 0 Å². The molecule has 2 saturated carbocycles. The molecular weight excluding hydrogens is 124 g/mol. The highest BCUT2D eigenvalue weighted by molar-refractivity contribution is 5.80. The first-order valence-corrected chi connectivity index (χ1v) is 4.20. The molecule has 2 atom stereocenters. The van der Waals surface area contributed by atoms with Crippen molar-refractivity contribution in [1.29, 1.82) is 0 Å². The van der Waals surface area contributed by atoms with E-state index in [9.17, 15) is 4.79 Å². The fraction of sp³-hybridized carbons (Fsp3) is 0.889. The summed E-state index contributed by atoms with van der Waals surface area (Å²) < 4.78 is 0. The lowest BCUT2D eigenvalue weighted by Gasteiger charge is -2.27. The Morgan fingerprint density at radius 1 is 1.60 bits per heavy atom. The van der Waals surface area contributed by atoms with E-state index in [1.165, 1.54) is 19.3 Å². The molecule has 1 nitrogen and oxygen atoms in total. The standard InChI is InChI=1S/C9H14O/c1-9-3-2-7(5-9)4-8(10)6-9/h7H,2-6H2,1H3/t7-,9+/m1/s1. The molecule has 0 N–H and O–H groups in total. The van der Waals surface area contributed by atoms with Crippen molar-refractivity contribution in [3.05, 3.63) is 0 Å². The van der Waals surface area contributed by atoms with E-state index in [4.69, 9.17) is 0 Å². The van der Waals surface area contributed by atoms with Crippen molar-refractivity contribution in [3.8, 4) is 0 Å². The summed E-state index contributed by atoms with van der Waals surface area (Å²) in [5.74, 6) is 1.27. The van der Waals surface area contributed by atoms with E-state index in [1.54, 1.807) is 0 Å². The van der Waals surface area contributed by atoms with Crippen LogP contribution in [-0.2, 0) is 4.79 Å². The van der Waals surface area contributed by atoms with Crippen LogP contribution >= 0.6 is 0 Å². The van der Waals surface area contributed by atoms with E-state index in [0.29, 0.717) is 11.2 Å². The number of rotatable bonds is 0. The van der Waals surface area contributed by atoms with Gasteiger partial charge in [-0.2, -0.15) is 0 Å². The second-order valence-electron chi connectivity index (χ2n) is 4.34. The maximum Gasteiger partial charge on any atom is 0.133 e. The van der Waals surface area contributed by atoms with Crippen LogP contribution in [0.25, 0.3) is 0 Å². The van der Waals surface area contributed by atoms with Crippen LogP contribution in [0, 0.1) is 11.3 Å². The Hall–Kier alpha value is -0.330. The van der Waals surface area contributed by atoms with Gasteiger partial charge in [-0.05, 0) is 30.6 Å². The molecule has 0 amide bonds. The number of carbonyl (C=O) groups is 1. The Morgan fingerprint density at radius 2 is 2.40 bits per heavy atom. The Kier molecular flexibility index (Phi) is 1.17. The third-order valence-electron chi connectivity index (χ3n) is 3.08. The Morgan fingerprint density at radius 3 is 3.10 bits per heavy atom. The molecule has 10 heavy (non-hydrogen) atoms. The highest BCUT2D eigenvalue weighted by Gasteiger charge is 2.41. The molecule has 2 rings (SSSR count). The van der Waals surface area contributed by atoms with Crippen LogP contribution in [0.1, 0.15) is 39.0 Å². The molecule has 0 aromatic rings. The number of hydrogen-bond acceptors (Lipinski definition) is 1. The number of ketones is 1. The summed E-state index contributed by atoms with van der Waals surface area (Å²) >= 11 is 0. The molecule has 0 aromatic carbocycles. The molecule has 1 heteroatoms. The Bertz CT molecular complexity index is 174. The number of carbonyl (C=O) groups excluding carboxylic acids is 1. The zero-order chi connectivity index (χ0) is 7.19. The van der Waals surface area contributed by atoms with Gasteiger partial charge in [0.1, 0.15) is 5.78 Å². The van der Waals surface area contributed by atoms with Gasteiger partial charge in [0, 0.05) is 12.8 Å². The summed E-state index contributed by atoms with van der Waals surface area (Å²) in [4.78, 5) is 11.1. The molecule has 0 aromatic heterocycles. The Balaban J connectivity index is 2.20. The Labute approximate surface area is 61.8 Å². The lowest BCUT2D eigenvalue weighted by Crippen LogP contribution is -2.23. The average Bonchev–Trinajstić information content (AvgIpc) is 2.06. The molecule has 0 radical (unpaired) electrons. The molecule has 56 valence electrons. The van der Waals surface area contributed by atoms with E-state index >= 15 is 0 Å².